The van der Waals surface area contributed by atoms with Crippen molar-refractivity contribution in [2.24, 2.45) is 5.41 Å². The van der Waals surface area contributed by atoms with Crippen molar-refractivity contribution in [2.45, 2.75) is 12.8 Å². The molecule has 1 spiro atoms. The molecular weight excluding hydrogens is 240 g/mol. The Morgan fingerprint density at radius 1 is 1.11 bits per heavy atom. The van der Waals surface area contributed by atoms with Crippen LogP contribution in [-0.2, 0) is 4.79 Å². The second-order valence-corrected chi connectivity index (χ2v) is 5.67. The van der Waals surface area contributed by atoms with E-state index in [4.69, 9.17) is 0 Å². The maximum Gasteiger partial charge on any atom is 0.253 e. The highest BCUT2D eigenvalue weighted by Crippen LogP contribution is 2.39. The molecule has 3 rings (SSSR count). The van der Waals surface area contributed by atoms with E-state index in [1.807, 2.05) is 40.1 Å². The summed E-state index contributed by atoms with van der Waals surface area (Å²) in [4.78, 5) is 27.0. The van der Waals surface area contributed by atoms with Gasteiger partial charge in [-0.15, -0.1) is 0 Å². The molecular formula is C15H18N2O2. The van der Waals surface area contributed by atoms with Crippen LogP contribution in [0.3, 0.4) is 0 Å². The highest BCUT2D eigenvalue weighted by molar-refractivity contribution is 5.94. The summed E-state index contributed by atoms with van der Waals surface area (Å²) in [7, 11) is 0. The van der Waals surface area contributed by atoms with E-state index in [0.717, 1.165) is 51.0 Å². The van der Waals surface area contributed by atoms with Crippen molar-refractivity contribution in [3.63, 3.8) is 0 Å². The molecule has 2 aliphatic heterocycles. The number of amides is 2. The van der Waals surface area contributed by atoms with E-state index in [0.29, 0.717) is 0 Å². The molecule has 4 nitrogen and oxygen atoms in total. The Kier molecular flexibility index (Phi) is 3.01. The first kappa shape index (κ1) is 12.2. The van der Waals surface area contributed by atoms with Gasteiger partial charge in [0.2, 0.25) is 6.41 Å². The minimum atomic E-state index is 0.113. The van der Waals surface area contributed by atoms with Crippen molar-refractivity contribution in [3.05, 3.63) is 35.9 Å². The van der Waals surface area contributed by atoms with Crippen molar-refractivity contribution in [3.8, 4) is 0 Å². The molecule has 0 aromatic heterocycles. The molecule has 0 aliphatic carbocycles. The third-order valence-corrected chi connectivity index (χ3v) is 4.36. The number of hydrogen-bond donors (Lipinski definition) is 0. The summed E-state index contributed by atoms with van der Waals surface area (Å²) in [6, 6.07) is 9.42. The Balaban J connectivity index is 1.70. The van der Waals surface area contributed by atoms with Crippen LogP contribution in [0, 0.1) is 5.41 Å². The standard InChI is InChI=1S/C15H18N2O2/c18-12-16-8-6-15(10-16)7-9-17(11-15)14(19)13-4-2-1-3-5-13/h1-5,12H,6-11H2. The smallest absolute Gasteiger partial charge is 0.253 e. The van der Waals surface area contributed by atoms with Gasteiger partial charge in [0, 0.05) is 37.2 Å². The summed E-state index contributed by atoms with van der Waals surface area (Å²) in [5, 5.41) is 0. The number of carbonyl (C=O) groups excluding carboxylic acids is 2. The van der Waals surface area contributed by atoms with E-state index in [2.05, 4.69) is 0 Å². The van der Waals surface area contributed by atoms with Crippen LogP contribution in [0.1, 0.15) is 23.2 Å². The van der Waals surface area contributed by atoms with Crippen LogP contribution < -0.4 is 0 Å². The predicted octanol–water partition coefficient (Wildman–Crippen LogP) is 1.38. The van der Waals surface area contributed by atoms with Crippen LogP contribution in [-0.4, -0.2) is 48.3 Å². The van der Waals surface area contributed by atoms with Crippen LogP contribution in [0.5, 0.6) is 0 Å². The number of likely N-dealkylation sites (tertiary alicyclic amines) is 2. The lowest BCUT2D eigenvalue weighted by Gasteiger charge is -2.23. The minimum absolute atomic E-state index is 0.113. The zero-order valence-corrected chi connectivity index (χ0v) is 10.9. The Morgan fingerprint density at radius 2 is 1.84 bits per heavy atom. The van der Waals surface area contributed by atoms with E-state index >= 15 is 0 Å². The predicted molar refractivity (Wildman–Crippen MR) is 71.6 cm³/mol. The normalized spacial score (nSPS) is 26.1. The van der Waals surface area contributed by atoms with E-state index in [1.165, 1.54) is 0 Å². The minimum Gasteiger partial charge on any atom is -0.345 e. The van der Waals surface area contributed by atoms with Gasteiger partial charge in [-0.25, -0.2) is 0 Å². The highest BCUT2D eigenvalue weighted by atomic mass is 16.2. The molecule has 1 aromatic rings. The molecule has 2 fully saturated rings. The van der Waals surface area contributed by atoms with Gasteiger partial charge in [0.05, 0.1) is 0 Å². The number of hydrogen-bond acceptors (Lipinski definition) is 2. The Morgan fingerprint density at radius 3 is 2.53 bits per heavy atom. The van der Waals surface area contributed by atoms with Crippen LogP contribution in [0.25, 0.3) is 0 Å². The zero-order valence-electron chi connectivity index (χ0n) is 10.9. The van der Waals surface area contributed by atoms with Crippen molar-refractivity contribution in [1.29, 1.82) is 0 Å². The number of nitrogens with zero attached hydrogens (tertiary/aromatic N) is 2. The molecule has 1 aromatic carbocycles. The average molecular weight is 258 g/mol. The van der Waals surface area contributed by atoms with E-state index in [1.54, 1.807) is 0 Å². The van der Waals surface area contributed by atoms with Crippen LogP contribution in [0.4, 0.5) is 0 Å². The van der Waals surface area contributed by atoms with Gasteiger partial charge < -0.3 is 9.80 Å². The monoisotopic (exact) mass is 258 g/mol. The molecule has 2 amide bonds. The second-order valence-electron chi connectivity index (χ2n) is 5.67. The lowest BCUT2D eigenvalue weighted by Crippen LogP contribution is -2.33. The summed E-state index contributed by atoms with van der Waals surface area (Å²) in [6.45, 7) is 3.22. The third-order valence-electron chi connectivity index (χ3n) is 4.36. The van der Waals surface area contributed by atoms with Crippen molar-refractivity contribution in [2.75, 3.05) is 26.2 Å². The van der Waals surface area contributed by atoms with E-state index in [-0.39, 0.29) is 11.3 Å². The van der Waals surface area contributed by atoms with Crippen molar-refractivity contribution < 1.29 is 9.59 Å². The average Bonchev–Trinajstić information content (AvgIpc) is 3.07. The zero-order chi connectivity index (χ0) is 13.3. The second kappa shape index (κ2) is 4.68. The maximum atomic E-state index is 12.4. The van der Waals surface area contributed by atoms with Gasteiger partial charge in [-0.1, -0.05) is 18.2 Å². The SMILES string of the molecule is O=CN1CCC2(CCN(C(=O)c3ccccc3)C2)C1. The fourth-order valence-corrected chi connectivity index (χ4v) is 3.26. The highest BCUT2D eigenvalue weighted by Gasteiger charge is 2.44. The number of carbonyl (C=O) groups is 2. The maximum absolute atomic E-state index is 12.4. The van der Waals surface area contributed by atoms with Crippen molar-refractivity contribution in [1.82, 2.24) is 9.80 Å². The van der Waals surface area contributed by atoms with Gasteiger partial charge in [-0.3, -0.25) is 9.59 Å². The molecule has 0 radical (unpaired) electrons. The van der Waals surface area contributed by atoms with Gasteiger partial charge >= 0.3 is 0 Å². The summed E-state index contributed by atoms with van der Waals surface area (Å²) in [5.74, 6) is 0.113. The molecule has 2 heterocycles. The van der Waals surface area contributed by atoms with Gasteiger partial charge in [-0.2, -0.15) is 0 Å². The van der Waals surface area contributed by atoms with Crippen LogP contribution in [0.15, 0.2) is 30.3 Å². The van der Waals surface area contributed by atoms with Crippen LogP contribution in [0.2, 0.25) is 0 Å². The summed E-state index contributed by atoms with van der Waals surface area (Å²) in [5.41, 5.74) is 0.899. The Hall–Kier alpha value is -1.84. The molecule has 0 saturated carbocycles. The molecule has 1 unspecified atom stereocenters. The fraction of sp³-hybridized carbons (Fsp3) is 0.467. The van der Waals surface area contributed by atoms with Crippen LogP contribution >= 0.6 is 0 Å². The van der Waals surface area contributed by atoms with E-state index < -0.39 is 0 Å². The molecule has 2 saturated heterocycles. The fourth-order valence-electron chi connectivity index (χ4n) is 3.26. The topological polar surface area (TPSA) is 40.6 Å². The summed E-state index contributed by atoms with van der Waals surface area (Å²) >= 11 is 0. The molecule has 0 N–H and O–H groups in total. The summed E-state index contributed by atoms with van der Waals surface area (Å²) < 4.78 is 0. The molecule has 2 aliphatic rings. The Bertz CT molecular complexity index is 488. The van der Waals surface area contributed by atoms with Gasteiger partial charge in [0.15, 0.2) is 0 Å². The first-order valence-corrected chi connectivity index (χ1v) is 6.76. The lowest BCUT2D eigenvalue weighted by atomic mass is 9.86. The quantitative estimate of drug-likeness (QED) is 0.752. The van der Waals surface area contributed by atoms with Gasteiger partial charge in [-0.05, 0) is 25.0 Å². The molecule has 0 bridgehead atoms. The molecule has 100 valence electrons. The lowest BCUT2D eigenvalue weighted by molar-refractivity contribution is -0.117. The largest absolute Gasteiger partial charge is 0.345 e. The molecule has 19 heavy (non-hydrogen) atoms. The number of rotatable bonds is 2. The van der Waals surface area contributed by atoms with Gasteiger partial charge in [0.25, 0.3) is 5.91 Å². The van der Waals surface area contributed by atoms with Gasteiger partial charge in [0.1, 0.15) is 0 Å². The number of benzene rings is 1. The third kappa shape index (κ3) is 2.23. The first-order chi connectivity index (χ1) is 9.22. The van der Waals surface area contributed by atoms with Crippen molar-refractivity contribution >= 4 is 12.3 Å². The first-order valence-electron chi connectivity index (χ1n) is 6.76. The summed E-state index contributed by atoms with van der Waals surface area (Å²) in [6.07, 6.45) is 2.96. The Labute approximate surface area is 113 Å². The van der Waals surface area contributed by atoms with E-state index in [9.17, 15) is 9.59 Å². The molecule has 4 heteroatoms. The molecule has 1 atom stereocenters.